The fraction of sp³-hybridized carbons (Fsp3) is 0.429. The van der Waals surface area contributed by atoms with Crippen molar-refractivity contribution < 1.29 is 37.7 Å². The van der Waals surface area contributed by atoms with E-state index in [1.165, 1.54) is 32.1 Å². The molecule has 0 bridgehead atoms. The lowest BCUT2D eigenvalue weighted by atomic mass is 9.89. The molecule has 11 nitrogen and oxygen atoms in total. The summed E-state index contributed by atoms with van der Waals surface area (Å²) in [6.45, 7) is 6.06. The number of aromatic nitrogens is 1. The summed E-state index contributed by atoms with van der Waals surface area (Å²) in [7, 11) is -0.0825. The molecular weight excluding hydrogens is 606 g/mol. The highest BCUT2D eigenvalue weighted by Crippen LogP contribution is 2.41. The lowest BCUT2D eigenvalue weighted by Gasteiger charge is -2.49. The molecule has 0 aliphatic carbocycles. The third-order valence-corrected chi connectivity index (χ3v) is 9.75. The maximum Gasteiger partial charge on any atom is 0.355 e. The summed E-state index contributed by atoms with van der Waals surface area (Å²) < 4.78 is 23.8. The zero-order chi connectivity index (χ0) is 30.8. The molecule has 14 heteroatoms. The third kappa shape index (κ3) is 6.47. The number of hydrogen-bond acceptors (Lipinski definition) is 11. The number of ketones is 2. The van der Waals surface area contributed by atoms with Crippen LogP contribution in [0.5, 0.6) is 5.75 Å². The molecule has 3 heterocycles. The first-order valence-corrected chi connectivity index (χ1v) is 15.7. The number of amides is 1. The Kier molecular flexibility index (Phi) is 9.63. The normalized spacial score (nSPS) is 20.5. The fourth-order valence-corrected chi connectivity index (χ4v) is 6.97. The molecule has 42 heavy (non-hydrogen) atoms. The maximum atomic E-state index is 13.5. The van der Waals surface area contributed by atoms with Crippen LogP contribution in [0.15, 0.2) is 46.1 Å². The second-order valence-corrected chi connectivity index (χ2v) is 13.1. The molecule has 1 aromatic heterocycles. The van der Waals surface area contributed by atoms with Gasteiger partial charge in [0.15, 0.2) is 22.9 Å². The lowest BCUT2D eigenvalue weighted by Crippen LogP contribution is -2.66. The Labute approximate surface area is 254 Å². The zero-order valence-electron chi connectivity index (χ0n) is 23.7. The summed E-state index contributed by atoms with van der Waals surface area (Å²) in [6.07, 6.45) is -0.352. The average Bonchev–Trinajstić information content (AvgIpc) is 3.39. The Morgan fingerprint density at radius 3 is 2.50 bits per heavy atom. The highest BCUT2D eigenvalue weighted by atomic mass is 35.5. The van der Waals surface area contributed by atoms with Crippen LogP contribution >= 0.6 is 22.9 Å². The Hall–Kier alpha value is -3.42. The number of rotatable bonds is 12. The number of halogens is 1. The van der Waals surface area contributed by atoms with E-state index in [1.54, 1.807) is 43.7 Å². The summed E-state index contributed by atoms with van der Waals surface area (Å²) in [5, 5.41) is 5.34. The number of alkyl halides is 1. The molecule has 2 aliphatic heterocycles. The van der Waals surface area contributed by atoms with Gasteiger partial charge in [-0.05, 0) is 51.0 Å². The van der Waals surface area contributed by atoms with Crippen LogP contribution in [0.2, 0.25) is 0 Å². The summed E-state index contributed by atoms with van der Waals surface area (Å²) in [4.78, 5) is 62.8. The quantitative estimate of drug-likeness (QED) is 0.113. The van der Waals surface area contributed by atoms with Crippen LogP contribution in [-0.2, 0) is 46.2 Å². The monoisotopic (exact) mass is 635 g/mol. The van der Waals surface area contributed by atoms with Gasteiger partial charge in [-0.25, -0.2) is 9.78 Å². The molecule has 4 rings (SSSR count). The number of β-lactam (4-membered cyclic amide) rings is 1. The second kappa shape index (κ2) is 12.8. The topological polar surface area (TPSA) is 142 Å². The predicted molar refractivity (Wildman–Crippen MR) is 157 cm³/mol. The van der Waals surface area contributed by atoms with Crippen LogP contribution in [0.4, 0.5) is 0 Å². The van der Waals surface area contributed by atoms with Gasteiger partial charge in [-0.2, -0.15) is 0 Å². The number of hydrogen-bond donors (Lipinski definition) is 0. The molecule has 2 aliphatic rings. The number of esters is 1. The van der Waals surface area contributed by atoms with E-state index in [0.29, 0.717) is 21.9 Å². The standard InChI is InChI=1S/C28H30ClN3O8S2/c1-15(33)28(3,4)40-31-23(21-13-41-16(2)30-21)22(34)10-20-25(35)32-24(18(11-29)14-42(37)26(20)32)27(36)39-12-17-6-8-19(38-5)9-7-17/h6-9,13,20,26H,10-12,14H2,1-5H3/b31-23-/t20-,26-,42?/m1/s1. The number of carbonyl (C=O) groups is 4. The fourth-order valence-electron chi connectivity index (χ4n) is 4.26. The SMILES string of the molecule is COc1ccc(COC(=O)C2=C(CCl)CS(=O)[C@@H]3[C@H](CC(=O)/C(=N\OC(C)(C)C(C)=O)c4csc(C)n4)C(=O)N23)cc1. The van der Waals surface area contributed by atoms with Gasteiger partial charge < -0.3 is 14.3 Å². The van der Waals surface area contributed by atoms with Crippen molar-refractivity contribution >= 4 is 62.9 Å². The van der Waals surface area contributed by atoms with Crippen molar-refractivity contribution in [3.05, 3.63) is 57.2 Å². The van der Waals surface area contributed by atoms with Crippen molar-refractivity contribution in [1.82, 2.24) is 9.88 Å². The number of benzene rings is 1. The van der Waals surface area contributed by atoms with Gasteiger partial charge in [0.25, 0.3) is 0 Å². The largest absolute Gasteiger partial charge is 0.497 e. The second-order valence-electron chi connectivity index (χ2n) is 10.2. The number of Topliss-reactive ketones (excluding diaryl/α,β-unsaturated/α-hetero) is 2. The van der Waals surface area contributed by atoms with Crippen LogP contribution in [-0.4, -0.2) is 73.0 Å². The number of methoxy groups -OCH3 is 1. The smallest absolute Gasteiger partial charge is 0.355 e. The molecular formula is C28H30ClN3O8S2. The molecule has 224 valence electrons. The molecule has 1 fully saturated rings. The first-order chi connectivity index (χ1) is 19.9. The highest BCUT2D eigenvalue weighted by molar-refractivity contribution is 7.86. The number of oxime groups is 1. The predicted octanol–water partition coefficient (Wildman–Crippen LogP) is 3.29. The minimum Gasteiger partial charge on any atom is -0.497 e. The molecule has 1 amide bonds. The van der Waals surface area contributed by atoms with Gasteiger partial charge >= 0.3 is 5.97 Å². The van der Waals surface area contributed by atoms with Gasteiger partial charge in [0.1, 0.15) is 29.1 Å². The van der Waals surface area contributed by atoms with Crippen LogP contribution in [0.1, 0.15) is 43.5 Å². The first kappa shape index (κ1) is 31.5. The number of fused-ring (bicyclic) bond motifs is 1. The first-order valence-electron chi connectivity index (χ1n) is 12.9. The molecule has 2 aromatic rings. The third-order valence-electron chi connectivity index (χ3n) is 6.94. The van der Waals surface area contributed by atoms with Gasteiger partial charge in [-0.15, -0.1) is 22.9 Å². The minimum atomic E-state index is -1.62. The van der Waals surface area contributed by atoms with Crippen molar-refractivity contribution in [2.45, 2.75) is 51.7 Å². The van der Waals surface area contributed by atoms with E-state index in [-0.39, 0.29) is 47.5 Å². The minimum absolute atomic E-state index is 0.0439. The van der Waals surface area contributed by atoms with Gasteiger partial charge in [0, 0.05) is 28.5 Å². The van der Waals surface area contributed by atoms with Crippen molar-refractivity contribution in [2.75, 3.05) is 18.7 Å². The van der Waals surface area contributed by atoms with Crippen LogP contribution in [0.25, 0.3) is 0 Å². The van der Waals surface area contributed by atoms with Crippen LogP contribution in [0.3, 0.4) is 0 Å². The van der Waals surface area contributed by atoms with E-state index in [1.807, 2.05) is 0 Å². The van der Waals surface area contributed by atoms with Gasteiger partial charge in [0.05, 0.1) is 23.8 Å². The van der Waals surface area contributed by atoms with Crippen molar-refractivity contribution in [3.63, 3.8) is 0 Å². The summed E-state index contributed by atoms with van der Waals surface area (Å²) in [5.41, 5.74) is -0.240. The lowest BCUT2D eigenvalue weighted by molar-refractivity contribution is -0.156. The number of nitrogens with zero attached hydrogens (tertiary/aromatic N) is 3. The summed E-state index contributed by atoms with van der Waals surface area (Å²) in [5.74, 6) is -2.71. The van der Waals surface area contributed by atoms with E-state index in [0.717, 1.165) is 4.90 Å². The number of thiazole rings is 1. The van der Waals surface area contributed by atoms with Crippen molar-refractivity contribution in [3.8, 4) is 5.75 Å². The van der Waals surface area contributed by atoms with E-state index in [9.17, 15) is 23.4 Å². The molecule has 3 atom stereocenters. The summed E-state index contributed by atoms with van der Waals surface area (Å²) in [6, 6.07) is 6.93. The molecule has 1 saturated heterocycles. The number of carbonyl (C=O) groups excluding carboxylic acids is 4. The van der Waals surface area contributed by atoms with Gasteiger partial charge in [-0.3, -0.25) is 23.5 Å². The molecule has 0 radical (unpaired) electrons. The van der Waals surface area contributed by atoms with E-state index in [2.05, 4.69) is 10.1 Å². The highest BCUT2D eigenvalue weighted by Gasteiger charge is 2.57. The molecule has 0 saturated carbocycles. The Morgan fingerprint density at radius 2 is 1.93 bits per heavy atom. The average molecular weight is 636 g/mol. The molecule has 0 spiro atoms. The van der Waals surface area contributed by atoms with E-state index < -0.39 is 45.4 Å². The number of ether oxygens (including phenoxy) is 2. The zero-order valence-corrected chi connectivity index (χ0v) is 26.1. The van der Waals surface area contributed by atoms with E-state index >= 15 is 0 Å². The Morgan fingerprint density at radius 1 is 1.24 bits per heavy atom. The van der Waals surface area contributed by atoms with Crippen molar-refractivity contribution in [2.24, 2.45) is 11.1 Å². The molecule has 1 aromatic carbocycles. The summed E-state index contributed by atoms with van der Waals surface area (Å²) >= 11 is 7.37. The Balaban J connectivity index is 1.53. The molecule has 0 N–H and O–H groups in total. The van der Waals surface area contributed by atoms with Crippen molar-refractivity contribution in [1.29, 1.82) is 0 Å². The van der Waals surface area contributed by atoms with Gasteiger partial charge in [0.2, 0.25) is 5.91 Å². The van der Waals surface area contributed by atoms with E-state index in [4.69, 9.17) is 25.9 Å². The maximum absolute atomic E-state index is 13.5. The van der Waals surface area contributed by atoms with Crippen LogP contribution < -0.4 is 4.74 Å². The number of aryl methyl sites for hydroxylation is 1. The van der Waals surface area contributed by atoms with Crippen LogP contribution in [0, 0.1) is 12.8 Å². The molecule has 1 unspecified atom stereocenters. The van der Waals surface area contributed by atoms with Gasteiger partial charge in [-0.1, -0.05) is 17.3 Å². The Bertz CT molecular complexity index is 1500.